The first-order valence-electron chi connectivity index (χ1n) is 12.7. The normalized spacial score (nSPS) is 10.8. The Morgan fingerprint density at radius 3 is 1.59 bits per heavy atom. The van der Waals surface area contributed by atoms with Crippen molar-refractivity contribution in [3.8, 4) is 0 Å². The molecule has 0 spiro atoms. The van der Waals surface area contributed by atoms with Crippen molar-refractivity contribution in [2.75, 3.05) is 13.2 Å². The molecule has 0 aliphatic carbocycles. The Labute approximate surface area is 194 Å². The van der Waals surface area contributed by atoms with Crippen molar-refractivity contribution < 1.29 is 23.5 Å². The molecule has 1 aromatic rings. The van der Waals surface area contributed by atoms with Crippen LogP contribution in [0, 0.1) is 5.82 Å². The Morgan fingerprint density at radius 2 is 1.09 bits per heavy atom. The number of hydrogen-bond donors (Lipinski definition) is 0. The van der Waals surface area contributed by atoms with Crippen molar-refractivity contribution in [3.63, 3.8) is 0 Å². The lowest BCUT2D eigenvalue weighted by atomic mass is 10.0. The molecule has 182 valence electrons. The van der Waals surface area contributed by atoms with E-state index >= 15 is 0 Å². The second kappa shape index (κ2) is 19.8. The van der Waals surface area contributed by atoms with Gasteiger partial charge in [0, 0.05) is 6.42 Å². The number of hydrogen-bond acceptors (Lipinski definition) is 4. The molecule has 0 aromatic heterocycles. The van der Waals surface area contributed by atoms with Gasteiger partial charge in [0.2, 0.25) is 0 Å². The Bertz CT molecular complexity index is 600. The van der Waals surface area contributed by atoms with Crippen molar-refractivity contribution in [2.24, 2.45) is 0 Å². The van der Waals surface area contributed by atoms with E-state index < -0.39 is 5.97 Å². The maximum absolute atomic E-state index is 12.8. The molecule has 0 fully saturated rings. The minimum Gasteiger partial charge on any atom is -0.466 e. The van der Waals surface area contributed by atoms with Gasteiger partial charge in [-0.1, -0.05) is 96.1 Å². The van der Waals surface area contributed by atoms with E-state index in [1.807, 2.05) is 0 Å². The van der Waals surface area contributed by atoms with E-state index in [1.54, 1.807) is 12.1 Å². The van der Waals surface area contributed by atoms with E-state index in [2.05, 4.69) is 6.92 Å². The van der Waals surface area contributed by atoms with E-state index in [-0.39, 0.29) is 31.2 Å². The summed E-state index contributed by atoms with van der Waals surface area (Å²) in [5, 5.41) is 0. The first-order chi connectivity index (χ1) is 15.6. The van der Waals surface area contributed by atoms with Crippen LogP contribution in [0.5, 0.6) is 0 Å². The van der Waals surface area contributed by atoms with Gasteiger partial charge in [0.1, 0.15) is 5.82 Å². The smallest absolute Gasteiger partial charge is 0.306 e. The van der Waals surface area contributed by atoms with Gasteiger partial charge in [0.05, 0.1) is 26.1 Å². The number of rotatable bonds is 20. The van der Waals surface area contributed by atoms with Gasteiger partial charge < -0.3 is 9.47 Å². The highest BCUT2D eigenvalue weighted by molar-refractivity contribution is 5.77. The molecule has 0 unspecified atom stereocenters. The van der Waals surface area contributed by atoms with Crippen LogP contribution < -0.4 is 0 Å². The number of benzene rings is 1. The van der Waals surface area contributed by atoms with Crippen molar-refractivity contribution >= 4 is 11.9 Å². The second-order valence-electron chi connectivity index (χ2n) is 8.56. The molecule has 0 aliphatic heterocycles. The van der Waals surface area contributed by atoms with Crippen molar-refractivity contribution in [1.82, 2.24) is 0 Å². The third kappa shape index (κ3) is 16.7. The molecule has 0 atom stereocenters. The Hall–Kier alpha value is -1.91. The molecule has 32 heavy (non-hydrogen) atoms. The van der Waals surface area contributed by atoms with E-state index in [1.165, 1.54) is 82.8 Å². The summed E-state index contributed by atoms with van der Waals surface area (Å²) in [6.45, 7) is 2.90. The summed E-state index contributed by atoms with van der Waals surface area (Å²) in [6.07, 6.45) is 17.2. The molecular weight excluding hydrogens is 407 g/mol. The molecule has 0 aliphatic rings. The highest BCUT2D eigenvalue weighted by atomic mass is 19.1. The van der Waals surface area contributed by atoms with Crippen LogP contribution >= 0.6 is 0 Å². The molecule has 0 heterocycles. The zero-order valence-corrected chi connectivity index (χ0v) is 20.0. The first kappa shape index (κ1) is 28.1. The van der Waals surface area contributed by atoms with Crippen LogP contribution in [0.1, 0.15) is 109 Å². The summed E-state index contributed by atoms with van der Waals surface area (Å²) < 4.78 is 23.1. The summed E-state index contributed by atoms with van der Waals surface area (Å²) in [5.74, 6) is -1.05. The highest BCUT2D eigenvalue weighted by Crippen LogP contribution is 2.12. The van der Waals surface area contributed by atoms with Crippen LogP contribution in [-0.2, 0) is 25.5 Å². The largest absolute Gasteiger partial charge is 0.466 e. The predicted molar refractivity (Wildman–Crippen MR) is 127 cm³/mol. The fourth-order valence-corrected chi connectivity index (χ4v) is 3.59. The number of esters is 2. The fourth-order valence-electron chi connectivity index (χ4n) is 3.59. The summed E-state index contributed by atoms with van der Waals surface area (Å²) in [5.41, 5.74) is 0.899. The van der Waals surface area contributed by atoms with E-state index in [4.69, 9.17) is 9.47 Å². The molecule has 0 radical (unpaired) electrons. The zero-order valence-electron chi connectivity index (χ0n) is 20.0. The van der Waals surface area contributed by atoms with Crippen LogP contribution in [0.4, 0.5) is 4.39 Å². The van der Waals surface area contributed by atoms with Crippen LogP contribution in [0.3, 0.4) is 0 Å². The minimum atomic E-state index is -0.412. The quantitative estimate of drug-likeness (QED) is 0.154. The van der Waals surface area contributed by atoms with Gasteiger partial charge in [0.15, 0.2) is 0 Å². The third-order valence-corrected chi connectivity index (χ3v) is 5.61. The van der Waals surface area contributed by atoms with Gasteiger partial charge in [0.25, 0.3) is 0 Å². The molecule has 0 saturated carbocycles. The molecule has 5 heteroatoms. The van der Waals surface area contributed by atoms with Crippen molar-refractivity contribution in [2.45, 2.75) is 110 Å². The van der Waals surface area contributed by atoms with Crippen LogP contribution in [0.25, 0.3) is 0 Å². The highest BCUT2D eigenvalue weighted by Gasteiger charge is 2.09. The number of unbranched alkanes of at least 4 members (excludes halogenated alkanes) is 12. The summed E-state index contributed by atoms with van der Waals surface area (Å²) in [6, 6.07) is 6.09. The lowest BCUT2D eigenvalue weighted by Gasteiger charge is -2.06. The topological polar surface area (TPSA) is 52.6 Å². The maximum Gasteiger partial charge on any atom is 0.306 e. The fraction of sp³-hybridized carbons (Fsp3) is 0.704. The summed E-state index contributed by atoms with van der Waals surface area (Å²) in [7, 11) is 0. The predicted octanol–water partition coefficient (Wildman–Crippen LogP) is 7.33. The Morgan fingerprint density at radius 1 is 0.656 bits per heavy atom. The lowest BCUT2D eigenvalue weighted by Crippen LogP contribution is -2.12. The van der Waals surface area contributed by atoms with Crippen LogP contribution in [0.15, 0.2) is 24.3 Å². The number of carbonyl (C=O) groups is 2. The van der Waals surface area contributed by atoms with Gasteiger partial charge in [-0.2, -0.15) is 0 Å². The molecule has 0 saturated heterocycles. The molecule has 1 rings (SSSR count). The average molecular weight is 451 g/mol. The molecule has 0 bridgehead atoms. The standard InChI is InChI=1S/C27H43FO4/c1-2-3-4-5-6-7-8-9-10-11-12-13-14-22-31-26(29)19-20-27(30)32-23-21-24-15-17-25(28)18-16-24/h15-18H,2-14,19-23H2,1H3. The Kier molecular flexibility index (Phi) is 17.4. The Balaban J connectivity index is 1.85. The first-order valence-corrected chi connectivity index (χ1v) is 12.7. The van der Waals surface area contributed by atoms with Gasteiger partial charge in [-0.3, -0.25) is 9.59 Å². The monoisotopic (exact) mass is 450 g/mol. The molecule has 0 amide bonds. The molecule has 4 nitrogen and oxygen atoms in total. The number of carbonyl (C=O) groups excluding carboxylic acids is 2. The zero-order chi connectivity index (χ0) is 23.3. The second-order valence-corrected chi connectivity index (χ2v) is 8.56. The van der Waals surface area contributed by atoms with Crippen molar-refractivity contribution in [3.05, 3.63) is 35.6 Å². The lowest BCUT2D eigenvalue weighted by molar-refractivity contribution is -0.150. The van der Waals surface area contributed by atoms with E-state index in [9.17, 15) is 14.0 Å². The molecular formula is C27H43FO4. The average Bonchev–Trinajstić information content (AvgIpc) is 2.79. The molecule has 0 N–H and O–H groups in total. The van der Waals surface area contributed by atoms with Gasteiger partial charge in [-0.25, -0.2) is 4.39 Å². The van der Waals surface area contributed by atoms with Gasteiger partial charge in [-0.05, 0) is 24.1 Å². The van der Waals surface area contributed by atoms with E-state index in [0.29, 0.717) is 13.0 Å². The minimum absolute atomic E-state index is 0.0286. The SMILES string of the molecule is CCCCCCCCCCCCCCCOC(=O)CCC(=O)OCCc1ccc(F)cc1. The third-order valence-electron chi connectivity index (χ3n) is 5.61. The maximum atomic E-state index is 12.8. The summed E-state index contributed by atoms with van der Waals surface area (Å²) in [4.78, 5) is 23.4. The van der Waals surface area contributed by atoms with E-state index in [0.717, 1.165) is 18.4 Å². The van der Waals surface area contributed by atoms with Gasteiger partial charge >= 0.3 is 11.9 Å². The van der Waals surface area contributed by atoms with Gasteiger partial charge in [-0.15, -0.1) is 0 Å². The number of ether oxygens (including phenoxy) is 2. The van der Waals surface area contributed by atoms with Crippen molar-refractivity contribution in [1.29, 1.82) is 0 Å². The van der Waals surface area contributed by atoms with Crippen LogP contribution in [0.2, 0.25) is 0 Å². The summed E-state index contributed by atoms with van der Waals surface area (Å²) >= 11 is 0. The number of halogens is 1. The molecule has 1 aromatic carbocycles. The van der Waals surface area contributed by atoms with Crippen LogP contribution in [-0.4, -0.2) is 25.2 Å².